The van der Waals surface area contributed by atoms with Crippen LogP contribution in [0.4, 0.5) is 0 Å². The van der Waals surface area contributed by atoms with E-state index in [1.807, 2.05) is 19.1 Å². The Morgan fingerprint density at radius 1 is 1.50 bits per heavy atom. The molecular weight excluding hydrogens is 178 g/mol. The SMILES string of the molecule is Cc1cc(-n2cc(C=O)cn2)ccn1. The van der Waals surface area contributed by atoms with Gasteiger partial charge in [0.05, 0.1) is 17.4 Å². The fourth-order valence-corrected chi connectivity index (χ4v) is 1.21. The second-order valence-electron chi connectivity index (χ2n) is 2.99. The lowest BCUT2D eigenvalue weighted by atomic mass is 10.3. The molecule has 0 amide bonds. The van der Waals surface area contributed by atoms with Crippen LogP contribution < -0.4 is 0 Å². The van der Waals surface area contributed by atoms with Gasteiger partial charge < -0.3 is 0 Å². The highest BCUT2D eigenvalue weighted by atomic mass is 16.1. The van der Waals surface area contributed by atoms with E-state index in [4.69, 9.17) is 0 Å². The zero-order valence-electron chi connectivity index (χ0n) is 7.71. The van der Waals surface area contributed by atoms with Gasteiger partial charge in [0.1, 0.15) is 0 Å². The van der Waals surface area contributed by atoms with E-state index in [0.29, 0.717) is 5.56 Å². The molecule has 2 rings (SSSR count). The summed E-state index contributed by atoms with van der Waals surface area (Å²) in [6, 6.07) is 3.75. The van der Waals surface area contributed by atoms with Crippen molar-refractivity contribution < 1.29 is 4.79 Å². The molecular formula is C10H9N3O. The third-order valence-electron chi connectivity index (χ3n) is 1.88. The summed E-state index contributed by atoms with van der Waals surface area (Å²) in [7, 11) is 0. The van der Waals surface area contributed by atoms with E-state index in [9.17, 15) is 4.79 Å². The second kappa shape index (κ2) is 3.41. The lowest BCUT2D eigenvalue weighted by Crippen LogP contribution is -1.95. The third-order valence-corrected chi connectivity index (χ3v) is 1.88. The highest BCUT2D eigenvalue weighted by molar-refractivity contribution is 5.73. The summed E-state index contributed by atoms with van der Waals surface area (Å²) in [5.41, 5.74) is 2.40. The highest BCUT2D eigenvalue weighted by Crippen LogP contribution is 2.07. The maximum atomic E-state index is 10.5. The largest absolute Gasteiger partial charge is 0.298 e. The van der Waals surface area contributed by atoms with Crippen molar-refractivity contribution >= 4 is 6.29 Å². The molecule has 2 aromatic rings. The van der Waals surface area contributed by atoms with Crippen LogP contribution in [0.3, 0.4) is 0 Å². The predicted octanol–water partition coefficient (Wildman–Crippen LogP) is 1.39. The molecule has 0 atom stereocenters. The number of nitrogens with zero attached hydrogens (tertiary/aromatic N) is 3. The second-order valence-corrected chi connectivity index (χ2v) is 2.99. The number of carbonyl (C=O) groups is 1. The van der Waals surface area contributed by atoms with Crippen molar-refractivity contribution in [2.75, 3.05) is 0 Å². The van der Waals surface area contributed by atoms with Crippen LogP contribution in [0.1, 0.15) is 16.1 Å². The van der Waals surface area contributed by atoms with Gasteiger partial charge in [-0.15, -0.1) is 0 Å². The van der Waals surface area contributed by atoms with Crippen LogP contribution >= 0.6 is 0 Å². The van der Waals surface area contributed by atoms with Crippen LogP contribution in [0.2, 0.25) is 0 Å². The van der Waals surface area contributed by atoms with Gasteiger partial charge in [-0.25, -0.2) is 4.68 Å². The van der Waals surface area contributed by atoms with Crippen LogP contribution in [-0.4, -0.2) is 21.1 Å². The molecule has 4 heteroatoms. The van der Waals surface area contributed by atoms with Gasteiger partial charge in [0, 0.05) is 18.1 Å². The summed E-state index contributed by atoms with van der Waals surface area (Å²) in [5.74, 6) is 0. The number of aldehydes is 1. The smallest absolute Gasteiger partial charge is 0.153 e. The zero-order chi connectivity index (χ0) is 9.97. The molecule has 0 bridgehead atoms. The van der Waals surface area contributed by atoms with Crippen LogP contribution in [-0.2, 0) is 0 Å². The van der Waals surface area contributed by atoms with Gasteiger partial charge in [-0.2, -0.15) is 5.10 Å². The monoisotopic (exact) mass is 187 g/mol. The standard InChI is InChI=1S/C10H9N3O/c1-8-4-10(2-3-11-8)13-6-9(7-14)5-12-13/h2-7H,1H3. The van der Waals surface area contributed by atoms with E-state index in [0.717, 1.165) is 17.7 Å². The first kappa shape index (κ1) is 8.62. The van der Waals surface area contributed by atoms with E-state index >= 15 is 0 Å². The van der Waals surface area contributed by atoms with Crippen molar-refractivity contribution in [1.82, 2.24) is 14.8 Å². The molecule has 0 radical (unpaired) electrons. The Labute approximate surface area is 81.2 Å². The minimum absolute atomic E-state index is 0.569. The Bertz CT molecular complexity index is 462. The molecule has 4 nitrogen and oxygen atoms in total. The molecule has 14 heavy (non-hydrogen) atoms. The molecule has 0 aromatic carbocycles. The first-order valence-corrected chi connectivity index (χ1v) is 4.22. The number of aromatic nitrogens is 3. The molecule has 2 aromatic heterocycles. The molecule has 0 N–H and O–H groups in total. The Kier molecular flexibility index (Phi) is 2.10. The number of rotatable bonds is 2. The van der Waals surface area contributed by atoms with Crippen molar-refractivity contribution in [3.63, 3.8) is 0 Å². The van der Waals surface area contributed by atoms with Crippen LogP contribution in [0, 0.1) is 6.92 Å². The van der Waals surface area contributed by atoms with Gasteiger partial charge in [0.25, 0.3) is 0 Å². The number of hydrogen-bond acceptors (Lipinski definition) is 3. The average Bonchev–Trinajstić information content (AvgIpc) is 2.66. The van der Waals surface area contributed by atoms with E-state index in [-0.39, 0.29) is 0 Å². The summed E-state index contributed by atoms with van der Waals surface area (Å²) >= 11 is 0. The van der Waals surface area contributed by atoms with E-state index in [2.05, 4.69) is 10.1 Å². The summed E-state index contributed by atoms with van der Waals surface area (Å²) in [5, 5.41) is 4.06. The minimum Gasteiger partial charge on any atom is -0.298 e. The van der Waals surface area contributed by atoms with Crippen LogP contribution in [0.25, 0.3) is 5.69 Å². The first-order chi connectivity index (χ1) is 6.79. The van der Waals surface area contributed by atoms with Gasteiger partial charge in [-0.05, 0) is 19.1 Å². The number of pyridine rings is 1. The van der Waals surface area contributed by atoms with Gasteiger partial charge in [0.15, 0.2) is 6.29 Å². The molecule has 2 heterocycles. The summed E-state index contributed by atoms with van der Waals surface area (Å²) < 4.78 is 1.65. The molecule has 0 spiro atoms. The van der Waals surface area contributed by atoms with Crippen molar-refractivity contribution in [2.45, 2.75) is 6.92 Å². The molecule has 0 saturated carbocycles. The van der Waals surface area contributed by atoms with Crippen LogP contribution in [0.15, 0.2) is 30.7 Å². The first-order valence-electron chi connectivity index (χ1n) is 4.22. The molecule has 0 aliphatic rings. The molecule has 0 aliphatic carbocycles. The number of carbonyl (C=O) groups excluding carboxylic acids is 1. The van der Waals surface area contributed by atoms with Gasteiger partial charge in [0.2, 0.25) is 0 Å². The van der Waals surface area contributed by atoms with Gasteiger partial charge in [-0.1, -0.05) is 0 Å². The van der Waals surface area contributed by atoms with Crippen molar-refractivity contribution in [3.8, 4) is 5.69 Å². The fraction of sp³-hybridized carbons (Fsp3) is 0.100. The average molecular weight is 187 g/mol. The van der Waals surface area contributed by atoms with Gasteiger partial charge in [-0.3, -0.25) is 9.78 Å². The number of aryl methyl sites for hydroxylation is 1. The molecule has 0 aliphatic heterocycles. The number of hydrogen-bond donors (Lipinski definition) is 0. The Morgan fingerprint density at radius 2 is 2.36 bits per heavy atom. The van der Waals surface area contributed by atoms with Crippen molar-refractivity contribution in [2.24, 2.45) is 0 Å². The quantitative estimate of drug-likeness (QED) is 0.667. The topological polar surface area (TPSA) is 47.8 Å². The maximum Gasteiger partial charge on any atom is 0.153 e. The van der Waals surface area contributed by atoms with E-state index in [1.54, 1.807) is 17.1 Å². The maximum absolute atomic E-state index is 10.5. The summed E-state index contributed by atoms with van der Waals surface area (Å²) in [6.07, 6.45) is 5.70. The Balaban J connectivity index is 2.43. The molecule has 0 unspecified atom stereocenters. The predicted molar refractivity (Wildman–Crippen MR) is 51.5 cm³/mol. The fourth-order valence-electron chi connectivity index (χ4n) is 1.21. The van der Waals surface area contributed by atoms with Crippen LogP contribution in [0.5, 0.6) is 0 Å². The van der Waals surface area contributed by atoms with Gasteiger partial charge >= 0.3 is 0 Å². The molecule has 0 fully saturated rings. The summed E-state index contributed by atoms with van der Waals surface area (Å²) in [6.45, 7) is 1.91. The zero-order valence-corrected chi connectivity index (χ0v) is 7.71. The summed E-state index contributed by atoms with van der Waals surface area (Å²) in [4.78, 5) is 14.5. The lowest BCUT2D eigenvalue weighted by Gasteiger charge is -2.00. The molecule has 0 saturated heterocycles. The van der Waals surface area contributed by atoms with E-state index < -0.39 is 0 Å². The normalized spacial score (nSPS) is 10.1. The third kappa shape index (κ3) is 1.54. The molecule has 70 valence electrons. The Hall–Kier alpha value is -1.97. The Morgan fingerprint density at radius 3 is 3.00 bits per heavy atom. The van der Waals surface area contributed by atoms with E-state index in [1.165, 1.54) is 6.20 Å². The minimum atomic E-state index is 0.569. The lowest BCUT2D eigenvalue weighted by molar-refractivity contribution is 0.112. The van der Waals surface area contributed by atoms with Crippen molar-refractivity contribution in [1.29, 1.82) is 0 Å². The highest BCUT2D eigenvalue weighted by Gasteiger charge is 1.99. The van der Waals surface area contributed by atoms with Crippen molar-refractivity contribution in [3.05, 3.63) is 42.0 Å².